The van der Waals surface area contributed by atoms with Crippen LogP contribution >= 0.6 is 0 Å². The van der Waals surface area contributed by atoms with Gasteiger partial charge < -0.3 is 19.5 Å². The van der Waals surface area contributed by atoms with Crippen LogP contribution in [0.4, 0.5) is 5.69 Å². The standard InChI is InChI=1S/C25H29NO5/c1-3-13-30-14-15-31-22-8-5-18(6-9-22)19-7-10-23-21(16-19)17-20(25(28)29)11-12-26(23)24(27)4-2/h5-10,16-17H,3-4,11-15H2,1-2H3,(H,28,29). The van der Waals surface area contributed by atoms with Crippen molar-refractivity contribution in [2.45, 2.75) is 33.1 Å². The Balaban J connectivity index is 1.82. The summed E-state index contributed by atoms with van der Waals surface area (Å²) in [6.45, 7) is 6.05. The van der Waals surface area contributed by atoms with Gasteiger partial charge >= 0.3 is 5.97 Å². The third-order valence-electron chi connectivity index (χ3n) is 5.16. The normalized spacial score (nSPS) is 13.2. The predicted octanol–water partition coefficient (Wildman–Crippen LogP) is 4.77. The highest BCUT2D eigenvalue weighted by molar-refractivity contribution is 6.00. The fraction of sp³-hybridized carbons (Fsp3) is 0.360. The van der Waals surface area contributed by atoms with Crippen molar-refractivity contribution in [2.24, 2.45) is 0 Å². The van der Waals surface area contributed by atoms with Gasteiger partial charge in [-0.3, -0.25) is 4.79 Å². The number of anilines is 1. The summed E-state index contributed by atoms with van der Waals surface area (Å²) in [7, 11) is 0. The number of benzene rings is 2. The van der Waals surface area contributed by atoms with Crippen LogP contribution in [-0.4, -0.2) is 43.3 Å². The van der Waals surface area contributed by atoms with Gasteiger partial charge in [0.25, 0.3) is 0 Å². The summed E-state index contributed by atoms with van der Waals surface area (Å²) in [6.07, 6.45) is 3.36. The van der Waals surface area contributed by atoms with Gasteiger partial charge in [-0.25, -0.2) is 4.79 Å². The van der Waals surface area contributed by atoms with E-state index in [0.29, 0.717) is 38.2 Å². The summed E-state index contributed by atoms with van der Waals surface area (Å²) >= 11 is 0. The Bertz CT molecular complexity index is 949. The topological polar surface area (TPSA) is 76.1 Å². The lowest BCUT2D eigenvalue weighted by Gasteiger charge is -2.23. The number of carbonyl (C=O) groups is 2. The number of aliphatic carboxylic acids is 1. The molecule has 0 aliphatic carbocycles. The highest BCUT2D eigenvalue weighted by Gasteiger charge is 2.23. The molecule has 0 spiro atoms. The second-order valence-electron chi connectivity index (χ2n) is 7.38. The van der Waals surface area contributed by atoms with E-state index in [-0.39, 0.29) is 5.91 Å². The molecule has 0 unspecified atom stereocenters. The number of rotatable bonds is 9. The summed E-state index contributed by atoms with van der Waals surface area (Å²) < 4.78 is 11.1. The molecule has 3 rings (SSSR count). The lowest BCUT2D eigenvalue weighted by atomic mass is 10.00. The van der Waals surface area contributed by atoms with E-state index in [9.17, 15) is 14.7 Å². The van der Waals surface area contributed by atoms with E-state index in [4.69, 9.17) is 9.47 Å². The van der Waals surface area contributed by atoms with Gasteiger partial charge in [0, 0.05) is 25.1 Å². The number of fused-ring (bicyclic) bond motifs is 1. The number of carboxylic acid groups (broad SMARTS) is 1. The molecule has 0 saturated carbocycles. The zero-order valence-electron chi connectivity index (χ0n) is 18.1. The number of carboxylic acids is 1. The number of amides is 1. The first kappa shape index (κ1) is 22.6. The van der Waals surface area contributed by atoms with E-state index in [2.05, 4.69) is 6.92 Å². The minimum Gasteiger partial charge on any atom is -0.491 e. The molecule has 0 fully saturated rings. The van der Waals surface area contributed by atoms with Crippen LogP contribution in [0, 0.1) is 0 Å². The van der Waals surface area contributed by atoms with Crippen LogP contribution in [0.15, 0.2) is 48.0 Å². The molecular weight excluding hydrogens is 394 g/mol. The Morgan fingerprint density at radius 3 is 2.42 bits per heavy atom. The molecule has 164 valence electrons. The largest absolute Gasteiger partial charge is 0.491 e. The Morgan fingerprint density at radius 2 is 1.74 bits per heavy atom. The number of ether oxygens (including phenoxy) is 2. The fourth-order valence-electron chi connectivity index (χ4n) is 3.54. The SMILES string of the molecule is CCCOCCOc1ccc(-c2ccc3c(c2)C=C(C(=O)O)CCN3C(=O)CC)cc1. The molecule has 0 radical (unpaired) electrons. The van der Waals surface area contributed by atoms with E-state index in [0.717, 1.165) is 41.2 Å². The van der Waals surface area contributed by atoms with E-state index in [1.807, 2.05) is 49.4 Å². The van der Waals surface area contributed by atoms with E-state index >= 15 is 0 Å². The maximum Gasteiger partial charge on any atom is 0.331 e. The Kier molecular flexibility index (Phi) is 7.84. The van der Waals surface area contributed by atoms with Gasteiger partial charge in [0.1, 0.15) is 12.4 Å². The quantitative estimate of drug-likeness (QED) is 0.588. The van der Waals surface area contributed by atoms with Crippen molar-refractivity contribution in [2.75, 3.05) is 31.3 Å². The summed E-state index contributed by atoms with van der Waals surface area (Å²) in [6, 6.07) is 13.6. The van der Waals surface area contributed by atoms with Crippen molar-refractivity contribution in [1.29, 1.82) is 0 Å². The number of hydrogen-bond acceptors (Lipinski definition) is 4. The summed E-state index contributed by atoms with van der Waals surface area (Å²) in [5.74, 6) is -0.198. The van der Waals surface area contributed by atoms with Gasteiger partial charge in [-0.05, 0) is 59.9 Å². The fourth-order valence-corrected chi connectivity index (χ4v) is 3.54. The molecular formula is C25H29NO5. The van der Waals surface area contributed by atoms with Crippen molar-refractivity contribution in [3.05, 3.63) is 53.6 Å². The zero-order valence-corrected chi connectivity index (χ0v) is 18.1. The second-order valence-corrected chi connectivity index (χ2v) is 7.38. The van der Waals surface area contributed by atoms with Gasteiger partial charge in [0.05, 0.1) is 12.3 Å². The molecule has 0 saturated heterocycles. The lowest BCUT2D eigenvalue weighted by molar-refractivity contribution is -0.132. The Morgan fingerprint density at radius 1 is 1.00 bits per heavy atom. The minimum atomic E-state index is -0.952. The van der Waals surface area contributed by atoms with E-state index in [1.165, 1.54) is 0 Å². The van der Waals surface area contributed by atoms with Gasteiger partial charge in [-0.15, -0.1) is 0 Å². The van der Waals surface area contributed by atoms with Crippen LogP contribution in [0.2, 0.25) is 0 Å². The van der Waals surface area contributed by atoms with Crippen molar-refractivity contribution >= 4 is 23.6 Å². The number of carbonyl (C=O) groups excluding carboxylic acids is 1. The number of hydrogen-bond donors (Lipinski definition) is 1. The molecule has 6 heteroatoms. The lowest BCUT2D eigenvalue weighted by Crippen LogP contribution is -2.31. The Hall–Kier alpha value is -3.12. The van der Waals surface area contributed by atoms with Crippen LogP contribution in [0.1, 0.15) is 38.7 Å². The molecule has 1 amide bonds. The van der Waals surface area contributed by atoms with Crippen LogP contribution in [0.3, 0.4) is 0 Å². The van der Waals surface area contributed by atoms with Crippen molar-refractivity contribution < 1.29 is 24.2 Å². The minimum absolute atomic E-state index is 0.0153. The predicted molar refractivity (Wildman–Crippen MR) is 121 cm³/mol. The molecule has 31 heavy (non-hydrogen) atoms. The summed E-state index contributed by atoms with van der Waals surface area (Å²) in [4.78, 5) is 25.7. The third kappa shape index (κ3) is 5.73. The van der Waals surface area contributed by atoms with Crippen molar-refractivity contribution in [1.82, 2.24) is 0 Å². The highest BCUT2D eigenvalue weighted by Crippen LogP contribution is 2.33. The molecule has 2 aromatic rings. The van der Waals surface area contributed by atoms with E-state index < -0.39 is 5.97 Å². The van der Waals surface area contributed by atoms with Crippen LogP contribution < -0.4 is 9.64 Å². The third-order valence-corrected chi connectivity index (χ3v) is 5.16. The summed E-state index contributed by atoms with van der Waals surface area (Å²) in [5.41, 5.74) is 3.73. The monoisotopic (exact) mass is 423 g/mol. The van der Waals surface area contributed by atoms with Crippen LogP contribution in [0.25, 0.3) is 17.2 Å². The van der Waals surface area contributed by atoms with Gasteiger partial charge in [0.2, 0.25) is 5.91 Å². The Labute approximate surface area is 183 Å². The van der Waals surface area contributed by atoms with Crippen LogP contribution in [-0.2, 0) is 14.3 Å². The number of nitrogens with zero attached hydrogens (tertiary/aromatic N) is 1. The van der Waals surface area contributed by atoms with Crippen molar-refractivity contribution in [3.63, 3.8) is 0 Å². The highest BCUT2D eigenvalue weighted by atomic mass is 16.5. The van der Waals surface area contributed by atoms with E-state index in [1.54, 1.807) is 11.0 Å². The first-order valence-corrected chi connectivity index (χ1v) is 10.7. The molecule has 1 N–H and O–H groups in total. The molecule has 1 heterocycles. The average Bonchev–Trinajstić information content (AvgIpc) is 2.98. The maximum atomic E-state index is 12.4. The average molecular weight is 424 g/mol. The molecule has 0 atom stereocenters. The first-order chi connectivity index (χ1) is 15.0. The molecule has 0 aromatic heterocycles. The second kappa shape index (κ2) is 10.8. The smallest absolute Gasteiger partial charge is 0.331 e. The van der Waals surface area contributed by atoms with Gasteiger partial charge in [-0.2, -0.15) is 0 Å². The zero-order chi connectivity index (χ0) is 22.2. The molecule has 0 bridgehead atoms. The van der Waals surface area contributed by atoms with Gasteiger partial charge in [-0.1, -0.05) is 32.0 Å². The van der Waals surface area contributed by atoms with Crippen LogP contribution in [0.5, 0.6) is 5.75 Å². The molecule has 1 aliphatic heterocycles. The van der Waals surface area contributed by atoms with Crippen molar-refractivity contribution in [3.8, 4) is 16.9 Å². The molecule has 6 nitrogen and oxygen atoms in total. The van der Waals surface area contributed by atoms with Gasteiger partial charge in [0.15, 0.2) is 0 Å². The molecule has 2 aromatic carbocycles. The first-order valence-electron chi connectivity index (χ1n) is 10.7. The molecule has 1 aliphatic rings. The summed E-state index contributed by atoms with van der Waals surface area (Å²) in [5, 5.41) is 9.51. The maximum absolute atomic E-state index is 12.4.